The van der Waals surface area contributed by atoms with E-state index in [0.29, 0.717) is 5.15 Å². The Morgan fingerprint density at radius 1 is 0.955 bits per heavy atom. The van der Waals surface area contributed by atoms with Gasteiger partial charge in [0.05, 0.1) is 19.9 Å². The summed E-state index contributed by atoms with van der Waals surface area (Å²) < 4.78 is 10.6. The molecule has 0 fully saturated rings. The van der Waals surface area contributed by atoms with Crippen molar-refractivity contribution in [2.24, 2.45) is 0 Å². The molecule has 4 nitrogen and oxygen atoms in total. The molecule has 0 aliphatic carbocycles. The van der Waals surface area contributed by atoms with Crippen LogP contribution in [0.3, 0.4) is 0 Å². The fourth-order valence-corrected chi connectivity index (χ4v) is 2.54. The summed E-state index contributed by atoms with van der Waals surface area (Å²) >= 11 is 6.07. The SMILES string of the molecule is CCCc1cc(CCc2ccc(OC)cc2OC)nnc1Cl. The van der Waals surface area contributed by atoms with Gasteiger partial charge in [-0.3, -0.25) is 0 Å². The molecular formula is C17H21ClN2O2. The van der Waals surface area contributed by atoms with Gasteiger partial charge in [0.15, 0.2) is 5.15 Å². The fraction of sp³-hybridized carbons (Fsp3) is 0.412. The zero-order valence-electron chi connectivity index (χ0n) is 13.2. The van der Waals surface area contributed by atoms with Gasteiger partial charge in [0, 0.05) is 6.07 Å². The fourth-order valence-electron chi connectivity index (χ4n) is 2.35. The summed E-state index contributed by atoms with van der Waals surface area (Å²) in [5.41, 5.74) is 3.14. The first-order chi connectivity index (χ1) is 10.7. The lowest BCUT2D eigenvalue weighted by atomic mass is 10.1. The summed E-state index contributed by atoms with van der Waals surface area (Å²) in [5.74, 6) is 1.62. The monoisotopic (exact) mass is 320 g/mol. The van der Waals surface area contributed by atoms with Gasteiger partial charge in [0.1, 0.15) is 11.5 Å². The van der Waals surface area contributed by atoms with Crippen LogP contribution in [-0.4, -0.2) is 24.4 Å². The number of hydrogen-bond acceptors (Lipinski definition) is 4. The highest BCUT2D eigenvalue weighted by Gasteiger charge is 2.08. The molecule has 0 spiro atoms. The topological polar surface area (TPSA) is 44.2 Å². The van der Waals surface area contributed by atoms with Crippen LogP contribution in [0.15, 0.2) is 24.3 Å². The molecule has 5 heteroatoms. The van der Waals surface area contributed by atoms with Crippen molar-refractivity contribution in [3.63, 3.8) is 0 Å². The Balaban J connectivity index is 2.11. The van der Waals surface area contributed by atoms with Crippen molar-refractivity contribution >= 4 is 11.6 Å². The number of nitrogens with zero attached hydrogens (tertiary/aromatic N) is 2. The highest BCUT2D eigenvalue weighted by atomic mass is 35.5. The van der Waals surface area contributed by atoms with E-state index in [9.17, 15) is 0 Å². The average Bonchev–Trinajstić information content (AvgIpc) is 2.55. The Labute approximate surface area is 136 Å². The van der Waals surface area contributed by atoms with E-state index in [1.807, 2.05) is 18.2 Å². The Bertz CT molecular complexity index is 632. The number of aryl methyl sites for hydroxylation is 3. The van der Waals surface area contributed by atoms with Gasteiger partial charge >= 0.3 is 0 Å². The molecule has 0 bridgehead atoms. The molecule has 0 saturated carbocycles. The minimum absolute atomic E-state index is 0.507. The highest BCUT2D eigenvalue weighted by Crippen LogP contribution is 2.26. The molecule has 2 aromatic rings. The first-order valence-electron chi connectivity index (χ1n) is 7.39. The third kappa shape index (κ3) is 4.10. The van der Waals surface area contributed by atoms with Crippen LogP contribution in [0.2, 0.25) is 5.15 Å². The molecular weight excluding hydrogens is 300 g/mol. The number of ether oxygens (including phenoxy) is 2. The summed E-state index contributed by atoms with van der Waals surface area (Å²) in [7, 11) is 3.31. The zero-order chi connectivity index (χ0) is 15.9. The number of methoxy groups -OCH3 is 2. The second-order valence-corrected chi connectivity index (χ2v) is 5.44. The van der Waals surface area contributed by atoms with Crippen molar-refractivity contribution in [3.8, 4) is 11.5 Å². The molecule has 22 heavy (non-hydrogen) atoms. The summed E-state index contributed by atoms with van der Waals surface area (Å²) in [5, 5.41) is 8.73. The van der Waals surface area contributed by atoms with Crippen molar-refractivity contribution in [1.29, 1.82) is 0 Å². The normalized spacial score (nSPS) is 10.5. The lowest BCUT2D eigenvalue weighted by Gasteiger charge is -2.10. The van der Waals surface area contributed by atoms with Gasteiger partial charge in [0.2, 0.25) is 0 Å². The van der Waals surface area contributed by atoms with Crippen LogP contribution < -0.4 is 9.47 Å². The predicted molar refractivity (Wildman–Crippen MR) is 88.0 cm³/mol. The third-order valence-corrected chi connectivity index (χ3v) is 3.85. The molecule has 0 aliphatic rings. The van der Waals surface area contributed by atoms with Gasteiger partial charge < -0.3 is 9.47 Å². The van der Waals surface area contributed by atoms with Crippen molar-refractivity contribution in [1.82, 2.24) is 10.2 Å². The van der Waals surface area contributed by atoms with Crippen LogP contribution in [0.5, 0.6) is 11.5 Å². The van der Waals surface area contributed by atoms with Crippen LogP contribution in [0.1, 0.15) is 30.2 Å². The second kappa shape index (κ2) is 7.99. The van der Waals surface area contributed by atoms with Crippen LogP contribution in [0, 0.1) is 0 Å². The van der Waals surface area contributed by atoms with Crippen molar-refractivity contribution < 1.29 is 9.47 Å². The van der Waals surface area contributed by atoms with Gasteiger partial charge in [-0.15, -0.1) is 5.10 Å². The van der Waals surface area contributed by atoms with Crippen molar-refractivity contribution in [3.05, 3.63) is 46.2 Å². The quantitative estimate of drug-likeness (QED) is 0.776. The number of hydrogen-bond donors (Lipinski definition) is 0. The van der Waals surface area contributed by atoms with Gasteiger partial charge in [-0.1, -0.05) is 31.0 Å². The first-order valence-corrected chi connectivity index (χ1v) is 7.77. The van der Waals surface area contributed by atoms with Gasteiger partial charge in [0.25, 0.3) is 0 Å². The van der Waals surface area contributed by atoms with Gasteiger partial charge in [-0.25, -0.2) is 0 Å². The lowest BCUT2D eigenvalue weighted by molar-refractivity contribution is 0.391. The minimum atomic E-state index is 0.507. The minimum Gasteiger partial charge on any atom is -0.497 e. The molecule has 0 atom stereocenters. The smallest absolute Gasteiger partial charge is 0.154 e. The maximum absolute atomic E-state index is 6.07. The van der Waals surface area contributed by atoms with E-state index in [-0.39, 0.29) is 0 Å². The van der Waals surface area contributed by atoms with E-state index in [4.69, 9.17) is 21.1 Å². The molecule has 0 radical (unpaired) electrons. The second-order valence-electron chi connectivity index (χ2n) is 5.08. The number of halogens is 1. The first kappa shape index (κ1) is 16.6. The molecule has 0 aliphatic heterocycles. The molecule has 1 aromatic carbocycles. The largest absolute Gasteiger partial charge is 0.497 e. The van der Waals surface area contributed by atoms with Crippen LogP contribution in [-0.2, 0) is 19.3 Å². The van der Waals surface area contributed by atoms with Gasteiger partial charge in [-0.2, -0.15) is 5.10 Å². The number of rotatable bonds is 7. The van der Waals surface area contributed by atoms with E-state index >= 15 is 0 Å². The average molecular weight is 321 g/mol. The van der Waals surface area contributed by atoms with Gasteiger partial charge in [-0.05, 0) is 42.5 Å². The van der Waals surface area contributed by atoms with E-state index in [0.717, 1.165) is 54.0 Å². The Hall–Kier alpha value is -1.81. The van der Waals surface area contributed by atoms with E-state index in [1.54, 1.807) is 14.2 Å². The van der Waals surface area contributed by atoms with Crippen molar-refractivity contribution in [2.45, 2.75) is 32.6 Å². The molecule has 1 aromatic heterocycles. The summed E-state index contributed by atoms with van der Waals surface area (Å²) in [4.78, 5) is 0. The maximum Gasteiger partial charge on any atom is 0.154 e. The molecule has 0 N–H and O–H groups in total. The highest BCUT2D eigenvalue weighted by molar-refractivity contribution is 6.30. The molecule has 1 heterocycles. The zero-order valence-corrected chi connectivity index (χ0v) is 14.0. The van der Waals surface area contributed by atoms with Crippen LogP contribution in [0.4, 0.5) is 0 Å². The van der Waals surface area contributed by atoms with Crippen LogP contribution >= 0.6 is 11.6 Å². The third-order valence-electron chi connectivity index (χ3n) is 3.54. The molecule has 2 rings (SSSR count). The Morgan fingerprint density at radius 2 is 1.77 bits per heavy atom. The lowest BCUT2D eigenvalue weighted by Crippen LogP contribution is -2.01. The molecule has 0 unspecified atom stereocenters. The number of benzene rings is 1. The summed E-state index contributed by atoms with van der Waals surface area (Å²) in [6, 6.07) is 7.90. The van der Waals surface area contributed by atoms with E-state index < -0.39 is 0 Å². The predicted octanol–water partition coefficient (Wildman–Crippen LogP) is 3.88. The summed E-state index contributed by atoms with van der Waals surface area (Å²) in [6.45, 7) is 2.12. The number of aromatic nitrogens is 2. The summed E-state index contributed by atoms with van der Waals surface area (Å²) in [6.07, 6.45) is 3.59. The molecule has 118 valence electrons. The molecule has 0 saturated heterocycles. The van der Waals surface area contributed by atoms with E-state index in [2.05, 4.69) is 23.2 Å². The van der Waals surface area contributed by atoms with Crippen LogP contribution in [0.25, 0.3) is 0 Å². The van der Waals surface area contributed by atoms with Crippen molar-refractivity contribution in [2.75, 3.05) is 14.2 Å². The maximum atomic E-state index is 6.07. The molecule has 0 amide bonds. The standard InChI is InChI=1S/C17H21ClN2O2/c1-4-5-13-10-14(19-20-17(13)18)8-6-12-7-9-15(21-2)11-16(12)22-3/h7,9-11H,4-6,8H2,1-3H3. The Kier molecular flexibility index (Phi) is 6.01. The Morgan fingerprint density at radius 3 is 2.45 bits per heavy atom. The van der Waals surface area contributed by atoms with E-state index in [1.165, 1.54) is 0 Å².